The van der Waals surface area contributed by atoms with E-state index in [4.69, 9.17) is 14.2 Å². The predicted octanol–water partition coefficient (Wildman–Crippen LogP) is 17.5. The molecule has 4 nitrogen and oxygen atoms in total. The number of fused-ring (bicyclic) bond motifs is 2. The van der Waals surface area contributed by atoms with Gasteiger partial charge in [-0.2, -0.15) is 0 Å². The van der Waals surface area contributed by atoms with Crippen LogP contribution in [0.15, 0.2) is 6.07 Å². The van der Waals surface area contributed by atoms with Crippen molar-refractivity contribution in [2.75, 3.05) is 0 Å². The third-order valence-corrected chi connectivity index (χ3v) is 15.2. The number of phenolic OH excluding ortho intramolecular Hbond substituents is 1. The van der Waals surface area contributed by atoms with Crippen molar-refractivity contribution >= 4 is 0 Å². The quantitative estimate of drug-likeness (QED) is 0.103. The van der Waals surface area contributed by atoms with Crippen molar-refractivity contribution in [2.45, 2.75) is 249 Å². The fraction of sp³-hybridized carbons (Fsp3) is 0.786. The Morgan fingerprint density at radius 2 is 0.933 bits per heavy atom. The summed E-state index contributed by atoms with van der Waals surface area (Å²) >= 11 is 0. The Hall–Kier alpha value is -2.36. The highest BCUT2D eigenvalue weighted by atomic mass is 16.5. The number of rotatable bonds is 26. The smallest absolute Gasteiger partial charge is 0.176 e. The molecule has 0 saturated carbocycles. The van der Waals surface area contributed by atoms with E-state index in [0.717, 1.165) is 119 Å². The lowest BCUT2D eigenvalue weighted by Gasteiger charge is -2.39. The summed E-state index contributed by atoms with van der Waals surface area (Å²) in [6.07, 6.45) is 27.2. The highest BCUT2D eigenvalue weighted by molar-refractivity contribution is 5.64. The molecule has 342 valence electrons. The molecule has 0 radical (unpaired) electrons. The van der Waals surface area contributed by atoms with Crippen LogP contribution in [0.5, 0.6) is 28.7 Å². The van der Waals surface area contributed by atoms with Crippen molar-refractivity contribution in [3.05, 3.63) is 39.4 Å². The maximum Gasteiger partial charge on any atom is 0.176 e. The highest BCUT2D eigenvalue weighted by Crippen LogP contribution is 2.51. The van der Waals surface area contributed by atoms with Crippen LogP contribution in [0.25, 0.3) is 0 Å². The Balaban J connectivity index is 1.31. The van der Waals surface area contributed by atoms with Gasteiger partial charge in [0.05, 0.1) is 0 Å². The van der Waals surface area contributed by atoms with Gasteiger partial charge in [0.2, 0.25) is 0 Å². The zero-order chi connectivity index (χ0) is 44.2. The van der Waals surface area contributed by atoms with Crippen LogP contribution in [0.4, 0.5) is 0 Å². The van der Waals surface area contributed by atoms with Crippen molar-refractivity contribution < 1.29 is 19.3 Å². The maximum absolute atomic E-state index is 11.6. The zero-order valence-electron chi connectivity index (χ0n) is 41.8. The second-order valence-electron chi connectivity index (χ2n) is 22.3. The summed E-state index contributed by atoms with van der Waals surface area (Å²) in [5.74, 6) is 8.47. The molecule has 4 rings (SSSR count). The van der Waals surface area contributed by atoms with E-state index in [9.17, 15) is 5.11 Å². The molecule has 60 heavy (non-hydrogen) atoms. The minimum atomic E-state index is -0.214. The van der Waals surface area contributed by atoms with Crippen LogP contribution in [0, 0.1) is 63.2 Å². The summed E-state index contributed by atoms with van der Waals surface area (Å²) in [5.41, 5.74) is 5.96. The van der Waals surface area contributed by atoms with Gasteiger partial charge in [-0.3, -0.25) is 0 Å². The molecule has 0 aliphatic carbocycles. The van der Waals surface area contributed by atoms with Gasteiger partial charge in [-0.05, 0) is 157 Å². The Labute approximate surface area is 371 Å². The molecule has 0 aromatic heterocycles. The summed E-state index contributed by atoms with van der Waals surface area (Å²) in [7, 11) is 0. The van der Waals surface area contributed by atoms with Crippen LogP contribution in [0.3, 0.4) is 0 Å². The molecule has 0 unspecified atom stereocenters. The average Bonchev–Trinajstić information content (AvgIpc) is 3.17. The fourth-order valence-corrected chi connectivity index (χ4v) is 10.3. The molecule has 6 atom stereocenters. The standard InChI is InChI=1S/C56H94O4/c1-38(2)21-15-23-40(5)25-17-27-42(7)29-19-33-55(13)35-31-48-37-50(44(9)46(11)52(48)59-55)58-54-49-32-36-56(14,60-53(49)47(12)45(10)51(54)57)34-20-30-43(8)28-18-26-41(6)24-16-22-39(3)4/h37-43,57H,15-36H2,1-14H3/t40-,41-,42-,43-,55-,56-/m1/s1. The molecule has 0 amide bonds. The first-order valence-electron chi connectivity index (χ1n) is 25.3. The van der Waals surface area contributed by atoms with Crippen LogP contribution in [-0.2, 0) is 12.8 Å². The number of benzene rings is 2. The molecule has 1 N–H and O–H groups in total. The van der Waals surface area contributed by atoms with Crippen molar-refractivity contribution in [1.82, 2.24) is 0 Å². The van der Waals surface area contributed by atoms with Gasteiger partial charge in [-0.15, -0.1) is 0 Å². The van der Waals surface area contributed by atoms with Crippen LogP contribution in [0.2, 0.25) is 0 Å². The van der Waals surface area contributed by atoms with Gasteiger partial charge >= 0.3 is 0 Å². The number of phenols is 1. The van der Waals surface area contributed by atoms with Crippen LogP contribution in [-0.4, -0.2) is 16.3 Å². The maximum atomic E-state index is 11.6. The lowest BCUT2D eigenvalue weighted by atomic mass is 9.84. The largest absolute Gasteiger partial charge is 0.504 e. The first-order chi connectivity index (χ1) is 28.3. The Morgan fingerprint density at radius 3 is 1.40 bits per heavy atom. The molecular formula is C56H94O4. The highest BCUT2D eigenvalue weighted by Gasteiger charge is 2.37. The molecule has 0 bridgehead atoms. The SMILES string of the molecule is Cc1c(Oc2c(O)c(C)c(C)c3c2CC[C@@](C)(CCC[C@H](C)CCC[C@H](C)CCCC(C)C)O3)cc2c(c1C)O[C@](C)(CCC[C@H](C)CCC[C@H](C)CCCC(C)C)CC2. The van der Waals surface area contributed by atoms with E-state index in [1.807, 2.05) is 6.92 Å². The second-order valence-corrected chi connectivity index (χ2v) is 22.3. The first kappa shape index (κ1) is 50.3. The second kappa shape index (κ2) is 23.4. The molecule has 2 aliphatic heterocycles. The van der Waals surface area contributed by atoms with Crippen LogP contribution < -0.4 is 14.2 Å². The van der Waals surface area contributed by atoms with Gasteiger partial charge in [0.15, 0.2) is 11.5 Å². The Bertz CT molecular complexity index is 1620. The van der Waals surface area contributed by atoms with Crippen molar-refractivity contribution in [1.29, 1.82) is 0 Å². The van der Waals surface area contributed by atoms with Gasteiger partial charge in [0.1, 0.15) is 28.5 Å². The minimum absolute atomic E-state index is 0.143. The summed E-state index contributed by atoms with van der Waals surface area (Å²) in [4.78, 5) is 0. The van der Waals surface area contributed by atoms with E-state index in [1.54, 1.807) is 0 Å². The number of aromatic hydroxyl groups is 1. The Morgan fingerprint density at radius 1 is 0.533 bits per heavy atom. The zero-order valence-corrected chi connectivity index (χ0v) is 41.8. The molecule has 2 aromatic rings. The van der Waals surface area contributed by atoms with E-state index in [-0.39, 0.29) is 17.0 Å². The van der Waals surface area contributed by atoms with E-state index in [0.29, 0.717) is 5.75 Å². The van der Waals surface area contributed by atoms with Crippen LogP contribution >= 0.6 is 0 Å². The summed E-state index contributed by atoms with van der Waals surface area (Å²) in [6, 6.07) is 2.19. The van der Waals surface area contributed by atoms with Gasteiger partial charge in [-0.25, -0.2) is 0 Å². The Kier molecular flexibility index (Phi) is 19.6. The molecule has 0 saturated heterocycles. The topological polar surface area (TPSA) is 47.9 Å². The number of ether oxygens (including phenoxy) is 3. The van der Waals surface area contributed by atoms with Crippen molar-refractivity contribution in [3.8, 4) is 28.7 Å². The lowest BCUT2D eigenvalue weighted by molar-refractivity contribution is 0.0502. The summed E-state index contributed by atoms with van der Waals surface area (Å²) < 4.78 is 20.7. The normalized spacial score (nSPS) is 20.9. The average molecular weight is 831 g/mol. The van der Waals surface area contributed by atoms with Crippen LogP contribution in [0.1, 0.15) is 231 Å². The van der Waals surface area contributed by atoms with Gasteiger partial charge in [0, 0.05) is 11.1 Å². The number of hydrogen-bond donors (Lipinski definition) is 1. The van der Waals surface area contributed by atoms with E-state index >= 15 is 0 Å². The third kappa shape index (κ3) is 14.9. The number of hydrogen-bond acceptors (Lipinski definition) is 4. The van der Waals surface area contributed by atoms with Gasteiger partial charge in [0.25, 0.3) is 0 Å². The molecular weight excluding hydrogens is 737 g/mol. The lowest BCUT2D eigenvalue weighted by Crippen LogP contribution is -2.37. The molecule has 2 aromatic carbocycles. The molecule has 0 spiro atoms. The van der Waals surface area contributed by atoms with Crippen molar-refractivity contribution in [2.24, 2.45) is 35.5 Å². The van der Waals surface area contributed by atoms with E-state index in [1.165, 1.54) is 108 Å². The minimum Gasteiger partial charge on any atom is -0.504 e. The predicted molar refractivity (Wildman–Crippen MR) is 258 cm³/mol. The molecule has 0 fully saturated rings. The number of aryl methyl sites for hydroxylation is 1. The van der Waals surface area contributed by atoms with E-state index in [2.05, 4.69) is 96.1 Å². The molecule has 2 heterocycles. The monoisotopic (exact) mass is 831 g/mol. The first-order valence-corrected chi connectivity index (χ1v) is 25.3. The van der Waals surface area contributed by atoms with Gasteiger partial charge < -0.3 is 19.3 Å². The fourth-order valence-electron chi connectivity index (χ4n) is 10.3. The summed E-state index contributed by atoms with van der Waals surface area (Å²) in [5, 5.41) is 11.6. The summed E-state index contributed by atoms with van der Waals surface area (Å²) in [6.45, 7) is 32.2. The van der Waals surface area contributed by atoms with Crippen molar-refractivity contribution in [3.63, 3.8) is 0 Å². The molecule has 2 aliphatic rings. The third-order valence-electron chi connectivity index (χ3n) is 15.2. The molecule has 4 heteroatoms. The van der Waals surface area contributed by atoms with E-state index < -0.39 is 0 Å². The van der Waals surface area contributed by atoms with Gasteiger partial charge in [-0.1, -0.05) is 145 Å².